The van der Waals surface area contributed by atoms with E-state index in [9.17, 15) is 0 Å². The second-order valence-electron chi connectivity index (χ2n) is 2.99. The number of hydrogen-bond donors (Lipinski definition) is 1. The van der Waals surface area contributed by atoms with Crippen LogP contribution in [0.25, 0.3) is 5.69 Å². The zero-order valence-corrected chi connectivity index (χ0v) is 9.27. The van der Waals surface area contributed by atoms with Gasteiger partial charge in [-0.05, 0) is 18.2 Å². The highest BCUT2D eigenvalue weighted by atomic mass is 79.9. The number of benzene rings is 1. The van der Waals surface area contributed by atoms with Crippen LogP contribution in [0.4, 0.5) is 5.69 Å². The molecule has 0 saturated heterocycles. The van der Waals surface area contributed by atoms with Crippen LogP contribution in [0.2, 0.25) is 0 Å². The maximum Gasteiger partial charge on any atom is 0.101 e. The Bertz CT molecular complexity index is 539. The van der Waals surface area contributed by atoms with E-state index in [-0.39, 0.29) is 0 Å². The lowest BCUT2D eigenvalue weighted by atomic mass is 10.2. The van der Waals surface area contributed by atoms with Gasteiger partial charge in [0.25, 0.3) is 0 Å². The Labute approximate surface area is 95.1 Å². The van der Waals surface area contributed by atoms with Gasteiger partial charge in [-0.25, -0.2) is 4.68 Å². The summed E-state index contributed by atoms with van der Waals surface area (Å²) in [7, 11) is 0. The SMILES string of the molecule is N#Cc1cc(Br)ccc1-n1cc(N)cn1. The monoisotopic (exact) mass is 262 g/mol. The molecule has 15 heavy (non-hydrogen) atoms. The summed E-state index contributed by atoms with van der Waals surface area (Å²) in [6, 6.07) is 7.53. The Morgan fingerprint density at radius 3 is 2.87 bits per heavy atom. The number of nitrogen functional groups attached to an aromatic ring is 1. The van der Waals surface area contributed by atoms with E-state index in [1.807, 2.05) is 12.1 Å². The van der Waals surface area contributed by atoms with Crippen LogP contribution in [0, 0.1) is 11.3 Å². The van der Waals surface area contributed by atoms with Gasteiger partial charge < -0.3 is 5.73 Å². The second-order valence-corrected chi connectivity index (χ2v) is 3.91. The summed E-state index contributed by atoms with van der Waals surface area (Å²) in [6.07, 6.45) is 3.22. The lowest BCUT2D eigenvalue weighted by molar-refractivity contribution is 0.877. The Morgan fingerprint density at radius 2 is 2.27 bits per heavy atom. The maximum absolute atomic E-state index is 8.97. The molecule has 0 atom stereocenters. The molecular formula is C10H7BrN4. The van der Waals surface area contributed by atoms with Gasteiger partial charge in [0.05, 0.1) is 29.3 Å². The van der Waals surface area contributed by atoms with Crippen LogP contribution >= 0.6 is 15.9 Å². The van der Waals surface area contributed by atoms with Gasteiger partial charge in [-0.15, -0.1) is 0 Å². The summed E-state index contributed by atoms with van der Waals surface area (Å²) >= 11 is 3.31. The maximum atomic E-state index is 8.97. The van der Waals surface area contributed by atoms with Gasteiger partial charge in [-0.3, -0.25) is 0 Å². The third kappa shape index (κ3) is 1.85. The molecule has 5 heteroatoms. The predicted molar refractivity (Wildman–Crippen MR) is 60.4 cm³/mol. The van der Waals surface area contributed by atoms with E-state index in [1.54, 1.807) is 23.1 Å². The van der Waals surface area contributed by atoms with Crippen LogP contribution in [0.15, 0.2) is 35.1 Å². The van der Waals surface area contributed by atoms with Crippen LogP contribution in [0.1, 0.15) is 5.56 Å². The fourth-order valence-corrected chi connectivity index (χ4v) is 1.63. The first-order chi connectivity index (χ1) is 7.20. The molecule has 0 fully saturated rings. The number of hydrogen-bond acceptors (Lipinski definition) is 3. The van der Waals surface area contributed by atoms with E-state index in [4.69, 9.17) is 11.0 Å². The number of aromatic nitrogens is 2. The van der Waals surface area contributed by atoms with Crippen LogP contribution in [-0.2, 0) is 0 Å². The molecule has 4 nitrogen and oxygen atoms in total. The van der Waals surface area contributed by atoms with E-state index in [0.29, 0.717) is 11.3 Å². The summed E-state index contributed by atoms with van der Waals surface area (Å²) in [5.41, 5.74) is 7.40. The van der Waals surface area contributed by atoms with Crippen molar-refractivity contribution in [2.24, 2.45) is 0 Å². The third-order valence-corrected chi connectivity index (χ3v) is 2.42. The zero-order chi connectivity index (χ0) is 10.8. The molecule has 0 saturated carbocycles. The highest BCUT2D eigenvalue weighted by molar-refractivity contribution is 9.10. The molecule has 1 aromatic carbocycles. The summed E-state index contributed by atoms with van der Waals surface area (Å²) < 4.78 is 2.45. The van der Waals surface area contributed by atoms with Crippen molar-refractivity contribution in [3.63, 3.8) is 0 Å². The van der Waals surface area contributed by atoms with Crippen molar-refractivity contribution in [3.8, 4) is 11.8 Å². The lowest BCUT2D eigenvalue weighted by Gasteiger charge is -2.03. The molecule has 0 aliphatic heterocycles. The molecule has 2 N–H and O–H groups in total. The topological polar surface area (TPSA) is 67.6 Å². The van der Waals surface area contributed by atoms with Crippen LogP contribution < -0.4 is 5.73 Å². The fraction of sp³-hybridized carbons (Fsp3) is 0. The van der Waals surface area contributed by atoms with Crippen LogP contribution in [0.3, 0.4) is 0 Å². The zero-order valence-electron chi connectivity index (χ0n) is 7.68. The van der Waals surface area contributed by atoms with Crippen molar-refractivity contribution in [3.05, 3.63) is 40.6 Å². The van der Waals surface area contributed by atoms with Crippen LogP contribution in [0.5, 0.6) is 0 Å². The molecule has 74 valence electrons. The lowest BCUT2D eigenvalue weighted by Crippen LogP contribution is -1.97. The number of nitriles is 1. The number of anilines is 1. The number of halogens is 1. The molecule has 0 aliphatic carbocycles. The highest BCUT2D eigenvalue weighted by Gasteiger charge is 2.05. The Balaban J connectivity index is 2.58. The highest BCUT2D eigenvalue weighted by Crippen LogP contribution is 2.19. The minimum absolute atomic E-state index is 0.549. The molecule has 1 heterocycles. The average molecular weight is 263 g/mol. The van der Waals surface area contributed by atoms with Gasteiger partial charge in [0.2, 0.25) is 0 Å². The molecule has 0 aliphatic rings. The number of rotatable bonds is 1. The van der Waals surface area contributed by atoms with Crippen LogP contribution in [-0.4, -0.2) is 9.78 Å². The molecule has 0 spiro atoms. The van der Waals surface area contributed by atoms with Crippen molar-refractivity contribution in [2.45, 2.75) is 0 Å². The smallest absolute Gasteiger partial charge is 0.101 e. The summed E-state index contributed by atoms with van der Waals surface area (Å²) in [5, 5.41) is 13.0. The minimum Gasteiger partial charge on any atom is -0.396 e. The molecule has 1 aromatic heterocycles. The Kier molecular flexibility index (Phi) is 2.44. The molecule has 0 radical (unpaired) electrons. The Morgan fingerprint density at radius 1 is 1.47 bits per heavy atom. The van der Waals surface area contributed by atoms with Crippen molar-refractivity contribution in [1.82, 2.24) is 9.78 Å². The molecule has 0 unspecified atom stereocenters. The van der Waals surface area contributed by atoms with Gasteiger partial charge in [0.15, 0.2) is 0 Å². The van der Waals surface area contributed by atoms with Crippen molar-refractivity contribution in [2.75, 3.05) is 5.73 Å². The van der Waals surface area contributed by atoms with E-state index < -0.39 is 0 Å². The molecule has 2 aromatic rings. The first kappa shape index (κ1) is 9.74. The second kappa shape index (κ2) is 3.75. The standard InChI is InChI=1S/C10H7BrN4/c11-8-1-2-10(7(3-8)4-12)15-6-9(13)5-14-15/h1-3,5-6H,13H2. The van der Waals surface area contributed by atoms with Crippen molar-refractivity contribution in [1.29, 1.82) is 5.26 Å². The summed E-state index contributed by atoms with van der Waals surface area (Å²) in [4.78, 5) is 0. The van der Waals surface area contributed by atoms with E-state index in [2.05, 4.69) is 27.1 Å². The molecule has 0 amide bonds. The first-order valence-corrected chi connectivity index (χ1v) is 5.00. The molecule has 0 bridgehead atoms. The van der Waals surface area contributed by atoms with Crippen molar-refractivity contribution < 1.29 is 0 Å². The fourth-order valence-electron chi connectivity index (χ4n) is 1.27. The Hall–Kier alpha value is -1.80. The third-order valence-electron chi connectivity index (χ3n) is 1.93. The normalized spacial score (nSPS) is 9.87. The minimum atomic E-state index is 0.549. The van der Waals surface area contributed by atoms with Gasteiger partial charge in [0, 0.05) is 4.47 Å². The molecular weight excluding hydrogens is 256 g/mol. The number of nitrogens with two attached hydrogens (primary N) is 1. The predicted octanol–water partition coefficient (Wildman–Crippen LogP) is 2.09. The van der Waals surface area contributed by atoms with Gasteiger partial charge >= 0.3 is 0 Å². The average Bonchev–Trinajstić information content (AvgIpc) is 2.64. The first-order valence-electron chi connectivity index (χ1n) is 4.21. The number of nitrogens with zero attached hydrogens (tertiary/aromatic N) is 3. The molecule has 2 rings (SSSR count). The quantitative estimate of drug-likeness (QED) is 0.856. The summed E-state index contributed by atoms with van der Waals surface area (Å²) in [5.74, 6) is 0. The van der Waals surface area contributed by atoms with Gasteiger partial charge in [-0.2, -0.15) is 10.4 Å². The van der Waals surface area contributed by atoms with E-state index >= 15 is 0 Å². The summed E-state index contributed by atoms with van der Waals surface area (Å²) in [6.45, 7) is 0. The van der Waals surface area contributed by atoms with E-state index in [0.717, 1.165) is 10.2 Å². The van der Waals surface area contributed by atoms with Gasteiger partial charge in [-0.1, -0.05) is 15.9 Å². The van der Waals surface area contributed by atoms with Gasteiger partial charge in [0.1, 0.15) is 6.07 Å². The largest absolute Gasteiger partial charge is 0.396 e. The van der Waals surface area contributed by atoms with E-state index in [1.165, 1.54) is 0 Å². The van der Waals surface area contributed by atoms with Crippen molar-refractivity contribution >= 4 is 21.6 Å².